The SMILES string of the molecule is COc1ccccc1/C=C/C(=O)NC(=S)NNC(=O)C1CC(=O)N(Cc2ccccc2)C1. The van der Waals surface area contributed by atoms with E-state index in [-0.39, 0.29) is 23.3 Å². The average molecular weight is 453 g/mol. The number of para-hydroxylation sites is 1. The number of benzene rings is 2. The van der Waals surface area contributed by atoms with Crippen molar-refractivity contribution >= 4 is 41.1 Å². The summed E-state index contributed by atoms with van der Waals surface area (Å²) in [7, 11) is 1.55. The van der Waals surface area contributed by atoms with Crippen LogP contribution in [0.25, 0.3) is 6.08 Å². The number of ether oxygens (including phenoxy) is 1. The standard InChI is InChI=1S/C23H24N4O4S/c1-31-19-10-6-5-9-17(19)11-12-20(28)24-23(32)26-25-22(30)18-13-21(29)27(15-18)14-16-7-3-2-4-8-16/h2-12,18H,13-15H2,1H3,(H,25,30)(H2,24,26,28,32)/b12-11+. The van der Waals surface area contributed by atoms with Gasteiger partial charge in [-0.3, -0.25) is 30.6 Å². The summed E-state index contributed by atoms with van der Waals surface area (Å²) in [6, 6.07) is 16.9. The quantitative estimate of drug-likeness (QED) is 0.351. The number of carbonyl (C=O) groups is 3. The van der Waals surface area contributed by atoms with Crippen LogP contribution in [-0.2, 0) is 20.9 Å². The Morgan fingerprint density at radius 1 is 1.12 bits per heavy atom. The second kappa shape index (κ2) is 11.1. The predicted octanol–water partition coefficient (Wildman–Crippen LogP) is 1.78. The van der Waals surface area contributed by atoms with Crippen LogP contribution in [0.5, 0.6) is 5.75 Å². The van der Waals surface area contributed by atoms with E-state index in [2.05, 4.69) is 16.2 Å². The van der Waals surface area contributed by atoms with Crippen molar-refractivity contribution in [2.45, 2.75) is 13.0 Å². The number of hydrogen-bond donors (Lipinski definition) is 3. The van der Waals surface area contributed by atoms with Crippen molar-refractivity contribution < 1.29 is 19.1 Å². The van der Waals surface area contributed by atoms with Crippen LogP contribution in [0.4, 0.5) is 0 Å². The molecule has 2 aromatic rings. The molecule has 0 radical (unpaired) electrons. The second-order valence-electron chi connectivity index (χ2n) is 7.17. The fraction of sp³-hybridized carbons (Fsp3) is 0.217. The highest BCUT2D eigenvalue weighted by Gasteiger charge is 2.34. The van der Waals surface area contributed by atoms with Crippen LogP contribution < -0.4 is 20.9 Å². The van der Waals surface area contributed by atoms with Gasteiger partial charge in [-0.25, -0.2) is 0 Å². The van der Waals surface area contributed by atoms with E-state index in [0.717, 1.165) is 11.1 Å². The van der Waals surface area contributed by atoms with Crippen LogP contribution in [0.2, 0.25) is 0 Å². The molecular weight excluding hydrogens is 428 g/mol. The van der Waals surface area contributed by atoms with Gasteiger partial charge in [0.2, 0.25) is 17.7 Å². The molecule has 1 saturated heterocycles. The van der Waals surface area contributed by atoms with Crippen molar-refractivity contribution in [1.29, 1.82) is 0 Å². The highest BCUT2D eigenvalue weighted by Crippen LogP contribution is 2.20. The number of methoxy groups -OCH3 is 1. The molecule has 1 fully saturated rings. The monoisotopic (exact) mass is 452 g/mol. The number of thiocarbonyl (C=S) groups is 1. The van der Waals surface area contributed by atoms with Crippen molar-refractivity contribution in [3.63, 3.8) is 0 Å². The first kappa shape index (κ1) is 23.0. The number of likely N-dealkylation sites (tertiary alicyclic amines) is 1. The van der Waals surface area contributed by atoms with Crippen LogP contribution in [0.15, 0.2) is 60.7 Å². The van der Waals surface area contributed by atoms with Gasteiger partial charge in [0, 0.05) is 31.1 Å². The lowest BCUT2D eigenvalue weighted by Gasteiger charge is -2.17. The summed E-state index contributed by atoms with van der Waals surface area (Å²) in [5.74, 6) is -0.770. The molecule has 0 spiro atoms. The topological polar surface area (TPSA) is 99.8 Å². The Kier molecular flexibility index (Phi) is 7.93. The molecule has 0 aliphatic carbocycles. The van der Waals surface area contributed by atoms with Gasteiger partial charge in [-0.05, 0) is 29.9 Å². The molecule has 166 valence electrons. The third-order valence-corrected chi connectivity index (χ3v) is 5.09. The van der Waals surface area contributed by atoms with E-state index >= 15 is 0 Å². The molecule has 3 rings (SSSR count). The van der Waals surface area contributed by atoms with Crippen LogP contribution >= 0.6 is 12.2 Å². The molecule has 0 saturated carbocycles. The van der Waals surface area contributed by atoms with Crippen LogP contribution in [-0.4, -0.2) is 41.4 Å². The van der Waals surface area contributed by atoms with Gasteiger partial charge < -0.3 is 9.64 Å². The molecule has 1 aliphatic rings. The third-order valence-electron chi connectivity index (χ3n) is 4.89. The number of hydrogen-bond acceptors (Lipinski definition) is 5. The van der Waals surface area contributed by atoms with Gasteiger partial charge in [0.05, 0.1) is 13.0 Å². The number of amides is 3. The maximum atomic E-state index is 12.4. The molecule has 3 amide bonds. The zero-order chi connectivity index (χ0) is 22.9. The summed E-state index contributed by atoms with van der Waals surface area (Å²) in [5.41, 5.74) is 6.70. The summed E-state index contributed by atoms with van der Waals surface area (Å²) in [6.07, 6.45) is 3.03. The van der Waals surface area contributed by atoms with Crippen molar-refractivity contribution in [1.82, 2.24) is 21.1 Å². The van der Waals surface area contributed by atoms with Crippen molar-refractivity contribution in [2.24, 2.45) is 5.92 Å². The van der Waals surface area contributed by atoms with Gasteiger partial charge >= 0.3 is 0 Å². The predicted molar refractivity (Wildman–Crippen MR) is 124 cm³/mol. The van der Waals surface area contributed by atoms with E-state index in [1.54, 1.807) is 24.2 Å². The molecule has 32 heavy (non-hydrogen) atoms. The first-order valence-electron chi connectivity index (χ1n) is 10.00. The Labute approximate surface area is 191 Å². The van der Waals surface area contributed by atoms with Crippen LogP contribution in [0.3, 0.4) is 0 Å². The number of nitrogens with zero attached hydrogens (tertiary/aromatic N) is 1. The third kappa shape index (κ3) is 6.39. The highest BCUT2D eigenvalue weighted by atomic mass is 32.1. The van der Waals surface area contributed by atoms with E-state index < -0.39 is 11.8 Å². The Morgan fingerprint density at radius 3 is 2.59 bits per heavy atom. The minimum absolute atomic E-state index is 0.0570. The smallest absolute Gasteiger partial charge is 0.250 e. The average Bonchev–Trinajstić information content (AvgIpc) is 3.17. The Balaban J connectivity index is 1.43. The molecule has 1 heterocycles. The van der Waals surface area contributed by atoms with E-state index in [0.29, 0.717) is 18.8 Å². The molecule has 1 aliphatic heterocycles. The summed E-state index contributed by atoms with van der Waals surface area (Å²) in [4.78, 5) is 38.4. The van der Waals surface area contributed by atoms with Gasteiger partial charge in [-0.1, -0.05) is 48.5 Å². The molecule has 0 aromatic heterocycles. The van der Waals surface area contributed by atoms with Crippen molar-refractivity contribution in [3.8, 4) is 5.75 Å². The highest BCUT2D eigenvalue weighted by molar-refractivity contribution is 7.80. The van der Waals surface area contributed by atoms with E-state index in [1.807, 2.05) is 48.5 Å². The summed E-state index contributed by atoms with van der Waals surface area (Å²) in [5, 5.41) is 2.39. The summed E-state index contributed by atoms with van der Waals surface area (Å²) < 4.78 is 5.22. The molecule has 9 heteroatoms. The lowest BCUT2D eigenvalue weighted by molar-refractivity contribution is -0.129. The fourth-order valence-electron chi connectivity index (χ4n) is 3.28. The molecule has 2 aromatic carbocycles. The molecule has 1 atom stereocenters. The van der Waals surface area contributed by atoms with Gasteiger partial charge in [0.15, 0.2) is 5.11 Å². The molecule has 8 nitrogen and oxygen atoms in total. The minimum atomic E-state index is -0.498. The molecule has 1 unspecified atom stereocenters. The van der Waals surface area contributed by atoms with Crippen LogP contribution in [0.1, 0.15) is 17.5 Å². The van der Waals surface area contributed by atoms with Gasteiger partial charge in [0.25, 0.3) is 0 Å². The van der Waals surface area contributed by atoms with E-state index in [1.165, 1.54) is 6.08 Å². The number of nitrogens with one attached hydrogen (secondary N) is 3. The maximum absolute atomic E-state index is 12.4. The number of hydrazine groups is 1. The summed E-state index contributed by atoms with van der Waals surface area (Å²) in [6.45, 7) is 0.784. The van der Waals surface area contributed by atoms with E-state index in [9.17, 15) is 14.4 Å². The lowest BCUT2D eigenvalue weighted by atomic mass is 10.1. The number of carbonyl (C=O) groups excluding carboxylic acids is 3. The van der Waals surface area contributed by atoms with Crippen LogP contribution in [0, 0.1) is 5.92 Å². The van der Waals surface area contributed by atoms with E-state index in [4.69, 9.17) is 17.0 Å². The zero-order valence-corrected chi connectivity index (χ0v) is 18.4. The summed E-state index contributed by atoms with van der Waals surface area (Å²) >= 11 is 5.04. The lowest BCUT2D eigenvalue weighted by Crippen LogP contribution is -2.50. The molecule has 0 bridgehead atoms. The zero-order valence-electron chi connectivity index (χ0n) is 17.5. The normalized spacial score (nSPS) is 15.5. The van der Waals surface area contributed by atoms with Gasteiger partial charge in [-0.2, -0.15) is 0 Å². The maximum Gasteiger partial charge on any atom is 0.250 e. The van der Waals surface area contributed by atoms with Crippen molar-refractivity contribution in [2.75, 3.05) is 13.7 Å². The molecule has 3 N–H and O–H groups in total. The Bertz CT molecular complexity index is 1030. The molecular formula is C23H24N4O4S. The largest absolute Gasteiger partial charge is 0.496 e. The van der Waals surface area contributed by atoms with Gasteiger partial charge in [0.1, 0.15) is 5.75 Å². The van der Waals surface area contributed by atoms with Gasteiger partial charge in [-0.15, -0.1) is 0 Å². The number of rotatable bonds is 6. The Hall–Kier alpha value is -3.72. The van der Waals surface area contributed by atoms with Crippen molar-refractivity contribution in [3.05, 3.63) is 71.8 Å². The Morgan fingerprint density at radius 2 is 1.84 bits per heavy atom. The minimum Gasteiger partial charge on any atom is -0.496 e. The fourth-order valence-corrected chi connectivity index (χ4v) is 3.43. The first-order chi connectivity index (χ1) is 15.5. The first-order valence-corrected chi connectivity index (χ1v) is 10.4. The second-order valence-corrected chi connectivity index (χ2v) is 7.58.